The molecule has 0 aliphatic rings. The highest BCUT2D eigenvalue weighted by Gasteiger charge is 1.98. The Hall–Kier alpha value is -0.540. The fraction of sp³-hybridized carbons (Fsp3) is 0.667. The largest absolute Gasteiger partial charge is 0.466 e. The molecule has 0 aromatic carbocycles. The Morgan fingerprint density at radius 3 is 2.92 bits per heavy atom. The molecule has 0 atom stereocenters. The second kappa shape index (κ2) is 9.55. The molecule has 0 aromatic rings. The molecular formula is C9H16ClNO2. The van der Waals surface area contributed by atoms with Crippen LogP contribution in [0.4, 0.5) is 0 Å². The van der Waals surface area contributed by atoms with E-state index in [4.69, 9.17) is 16.3 Å². The first-order valence-electron chi connectivity index (χ1n) is 4.38. The molecule has 13 heavy (non-hydrogen) atoms. The average molecular weight is 206 g/mol. The summed E-state index contributed by atoms with van der Waals surface area (Å²) >= 11 is 5.42. The third-order valence-electron chi connectivity index (χ3n) is 1.33. The Bertz CT molecular complexity index is 160. The second-order valence-corrected chi connectivity index (χ2v) is 2.69. The van der Waals surface area contributed by atoms with Gasteiger partial charge in [0.25, 0.3) is 0 Å². The zero-order valence-corrected chi connectivity index (χ0v) is 8.64. The molecule has 0 rings (SSSR count). The van der Waals surface area contributed by atoms with Crippen molar-refractivity contribution in [1.82, 2.24) is 5.32 Å². The molecule has 1 N–H and O–H groups in total. The molecule has 4 heteroatoms. The summed E-state index contributed by atoms with van der Waals surface area (Å²) in [7, 11) is 0. The number of nitrogens with one attached hydrogen (secondary N) is 1. The molecule has 0 fully saturated rings. The zero-order valence-electron chi connectivity index (χ0n) is 7.88. The van der Waals surface area contributed by atoms with E-state index in [1.165, 1.54) is 0 Å². The second-order valence-electron chi connectivity index (χ2n) is 2.38. The summed E-state index contributed by atoms with van der Waals surface area (Å²) in [5, 5.41) is 3.06. The van der Waals surface area contributed by atoms with Crippen molar-refractivity contribution in [3.05, 3.63) is 12.2 Å². The van der Waals surface area contributed by atoms with E-state index >= 15 is 0 Å². The van der Waals surface area contributed by atoms with Crippen molar-refractivity contribution in [1.29, 1.82) is 0 Å². The van der Waals surface area contributed by atoms with Crippen LogP contribution in [0.2, 0.25) is 0 Å². The fourth-order valence-electron chi connectivity index (χ4n) is 0.755. The molecule has 3 nitrogen and oxygen atoms in total. The Labute approximate surface area is 84.1 Å². The van der Waals surface area contributed by atoms with Gasteiger partial charge in [-0.2, -0.15) is 0 Å². The summed E-state index contributed by atoms with van der Waals surface area (Å²) in [6.07, 6.45) is 4.21. The SMILES string of the molecule is CCOC(=O)CCNC/C=C/CCl. The number of allylic oxidation sites excluding steroid dienone is 1. The maximum atomic E-state index is 10.8. The van der Waals surface area contributed by atoms with Gasteiger partial charge in [-0.3, -0.25) is 4.79 Å². The number of ether oxygens (including phenoxy) is 1. The minimum absolute atomic E-state index is 0.156. The van der Waals surface area contributed by atoms with Crippen LogP contribution in [-0.4, -0.2) is 31.5 Å². The molecule has 0 saturated carbocycles. The van der Waals surface area contributed by atoms with Crippen molar-refractivity contribution < 1.29 is 9.53 Å². The lowest BCUT2D eigenvalue weighted by molar-refractivity contribution is -0.142. The Morgan fingerprint density at radius 2 is 2.31 bits per heavy atom. The van der Waals surface area contributed by atoms with Crippen molar-refractivity contribution in [2.75, 3.05) is 25.6 Å². The summed E-state index contributed by atoms with van der Waals surface area (Å²) < 4.78 is 4.75. The van der Waals surface area contributed by atoms with Gasteiger partial charge in [0.05, 0.1) is 13.0 Å². The first kappa shape index (κ1) is 12.5. The van der Waals surface area contributed by atoms with Crippen LogP contribution in [-0.2, 0) is 9.53 Å². The normalized spacial score (nSPS) is 10.6. The smallest absolute Gasteiger partial charge is 0.307 e. The predicted octanol–water partition coefficient (Wildman–Crippen LogP) is 1.32. The number of hydrogen-bond acceptors (Lipinski definition) is 3. The maximum Gasteiger partial charge on any atom is 0.307 e. The number of rotatable bonds is 7. The Balaban J connectivity index is 3.15. The zero-order chi connectivity index (χ0) is 9.94. The number of hydrogen-bond donors (Lipinski definition) is 1. The van der Waals surface area contributed by atoms with Gasteiger partial charge in [-0.25, -0.2) is 0 Å². The van der Waals surface area contributed by atoms with E-state index in [1.807, 2.05) is 12.2 Å². The molecule has 0 amide bonds. The first-order valence-corrected chi connectivity index (χ1v) is 4.92. The van der Waals surface area contributed by atoms with Gasteiger partial charge in [0.15, 0.2) is 0 Å². The molecule has 0 unspecified atom stereocenters. The van der Waals surface area contributed by atoms with E-state index in [2.05, 4.69) is 5.32 Å². The van der Waals surface area contributed by atoms with Crippen molar-refractivity contribution in [2.45, 2.75) is 13.3 Å². The van der Waals surface area contributed by atoms with Crippen molar-refractivity contribution in [3.63, 3.8) is 0 Å². The quantitative estimate of drug-likeness (QED) is 0.295. The third-order valence-corrected chi connectivity index (χ3v) is 1.51. The predicted molar refractivity (Wildman–Crippen MR) is 54.0 cm³/mol. The lowest BCUT2D eigenvalue weighted by Gasteiger charge is -2.01. The van der Waals surface area contributed by atoms with Crippen LogP contribution in [0.5, 0.6) is 0 Å². The summed E-state index contributed by atoms with van der Waals surface area (Å²) in [6, 6.07) is 0. The standard InChI is InChI=1S/C9H16ClNO2/c1-2-13-9(12)5-8-11-7-4-3-6-10/h3-4,11H,2,5-8H2,1H3/b4-3+. The van der Waals surface area contributed by atoms with Gasteiger partial charge in [0, 0.05) is 19.0 Å². The fourth-order valence-corrected chi connectivity index (χ4v) is 0.881. The molecule has 76 valence electrons. The van der Waals surface area contributed by atoms with Gasteiger partial charge in [0.2, 0.25) is 0 Å². The summed E-state index contributed by atoms with van der Waals surface area (Å²) in [4.78, 5) is 10.8. The summed E-state index contributed by atoms with van der Waals surface area (Å²) in [5.41, 5.74) is 0. The number of carbonyl (C=O) groups excluding carboxylic acids is 1. The van der Waals surface area contributed by atoms with Crippen LogP contribution in [0.1, 0.15) is 13.3 Å². The Morgan fingerprint density at radius 1 is 1.54 bits per heavy atom. The van der Waals surface area contributed by atoms with E-state index < -0.39 is 0 Å². The van der Waals surface area contributed by atoms with Gasteiger partial charge in [-0.15, -0.1) is 11.6 Å². The molecule has 0 saturated heterocycles. The summed E-state index contributed by atoms with van der Waals surface area (Å²) in [5.74, 6) is 0.371. The first-order chi connectivity index (χ1) is 6.31. The van der Waals surface area contributed by atoms with Crippen LogP contribution < -0.4 is 5.32 Å². The van der Waals surface area contributed by atoms with Gasteiger partial charge < -0.3 is 10.1 Å². The number of halogens is 1. The third kappa shape index (κ3) is 9.37. The Kier molecular flexibility index (Phi) is 9.15. The summed E-state index contributed by atoms with van der Waals surface area (Å²) in [6.45, 7) is 3.64. The lowest BCUT2D eigenvalue weighted by Crippen LogP contribution is -2.19. The molecular weight excluding hydrogens is 190 g/mol. The van der Waals surface area contributed by atoms with Gasteiger partial charge >= 0.3 is 5.97 Å². The van der Waals surface area contributed by atoms with Crippen LogP contribution in [0, 0.1) is 0 Å². The maximum absolute atomic E-state index is 10.8. The highest BCUT2D eigenvalue weighted by molar-refractivity contribution is 6.18. The van der Waals surface area contributed by atoms with E-state index in [0.717, 1.165) is 6.54 Å². The average Bonchev–Trinajstić information content (AvgIpc) is 2.11. The van der Waals surface area contributed by atoms with Gasteiger partial charge in [-0.05, 0) is 6.92 Å². The van der Waals surface area contributed by atoms with Crippen molar-refractivity contribution in [2.24, 2.45) is 0 Å². The van der Waals surface area contributed by atoms with Crippen molar-refractivity contribution in [3.8, 4) is 0 Å². The molecule has 0 spiro atoms. The van der Waals surface area contributed by atoms with E-state index in [0.29, 0.717) is 25.5 Å². The van der Waals surface area contributed by atoms with E-state index in [9.17, 15) is 4.79 Å². The number of alkyl halides is 1. The highest BCUT2D eigenvalue weighted by Crippen LogP contribution is 1.84. The molecule has 0 heterocycles. The van der Waals surface area contributed by atoms with Crippen LogP contribution in [0.15, 0.2) is 12.2 Å². The number of esters is 1. The topological polar surface area (TPSA) is 38.3 Å². The van der Waals surface area contributed by atoms with E-state index in [1.54, 1.807) is 6.92 Å². The van der Waals surface area contributed by atoms with E-state index in [-0.39, 0.29) is 5.97 Å². The molecule has 0 bridgehead atoms. The molecule has 0 aliphatic carbocycles. The molecule has 0 aliphatic heterocycles. The van der Waals surface area contributed by atoms with Crippen LogP contribution >= 0.6 is 11.6 Å². The number of carbonyl (C=O) groups is 1. The van der Waals surface area contributed by atoms with Crippen LogP contribution in [0.25, 0.3) is 0 Å². The van der Waals surface area contributed by atoms with Gasteiger partial charge in [-0.1, -0.05) is 12.2 Å². The highest BCUT2D eigenvalue weighted by atomic mass is 35.5. The van der Waals surface area contributed by atoms with Crippen LogP contribution in [0.3, 0.4) is 0 Å². The van der Waals surface area contributed by atoms with Crippen molar-refractivity contribution >= 4 is 17.6 Å². The molecule has 0 radical (unpaired) electrons. The van der Waals surface area contributed by atoms with Gasteiger partial charge in [0.1, 0.15) is 0 Å². The minimum atomic E-state index is -0.156. The molecule has 0 aromatic heterocycles. The minimum Gasteiger partial charge on any atom is -0.466 e. The monoisotopic (exact) mass is 205 g/mol. The lowest BCUT2D eigenvalue weighted by atomic mass is 10.4.